The zero-order valence-electron chi connectivity index (χ0n) is 11.4. The Morgan fingerprint density at radius 1 is 1.45 bits per heavy atom. The van der Waals surface area contributed by atoms with Crippen molar-refractivity contribution in [3.63, 3.8) is 0 Å². The number of sulfonamides is 1. The molecule has 0 saturated carbocycles. The number of rotatable bonds is 4. The molecule has 114 valence electrons. The zero-order chi connectivity index (χ0) is 13.9. The summed E-state index contributed by atoms with van der Waals surface area (Å²) in [6, 6.07) is 6.46. The van der Waals surface area contributed by atoms with Crippen molar-refractivity contribution in [2.75, 3.05) is 26.7 Å². The van der Waals surface area contributed by atoms with Gasteiger partial charge in [0.2, 0.25) is 10.0 Å². The second kappa shape index (κ2) is 7.61. The van der Waals surface area contributed by atoms with E-state index in [1.165, 1.54) is 6.07 Å². The minimum absolute atomic E-state index is 0. The average molecular weight is 339 g/mol. The van der Waals surface area contributed by atoms with Crippen molar-refractivity contribution in [3.8, 4) is 0 Å². The monoisotopic (exact) mass is 338 g/mol. The molecule has 0 spiro atoms. The molecule has 1 heterocycles. The molecule has 1 N–H and O–H groups in total. The van der Waals surface area contributed by atoms with Crippen molar-refractivity contribution < 1.29 is 8.42 Å². The number of hydrogen-bond donors (Lipinski definition) is 1. The normalized spacial score (nSPS) is 20.4. The van der Waals surface area contributed by atoms with E-state index in [0.29, 0.717) is 24.0 Å². The molecule has 4 nitrogen and oxygen atoms in total. The van der Waals surface area contributed by atoms with E-state index in [1.807, 2.05) is 7.05 Å². The van der Waals surface area contributed by atoms with Gasteiger partial charge in [-0.15, -0.1) is 12.4 Å². The lowest BCUT2D eigenvalue weighted by Gasteiger charge is -2.31. The first-order chi connectivity index (χ1) is 9.04. The topological polar surface area (TPSA) is 49.4 Å². The summed E-state index contributed by atoms with van der Waals surface area (Å²) >= 11 is 5.88. The Hall–Kier alpha value is -0.330. The molecule has 1 aliphatic rings. The van der Waals surface area contributed by atoms with Gasteiger partial charge >= 0.3 is 0 Å². The van der Waals surface area contributed by atoms with E-state index in [0.717, 1.165) is 19.4 Å². The molecular formula is C13H20Cl2N2O2S. The van der Waals surface area contributed by atoms with Crippen LogP contribution in [-0.4, -0.2) is 39.4 Å². The largest absolute Gasteiger partial charge is 0.319 e. The van der Waals surface area contributed by atoms with Gasteiger partial charge < -0.3 is 5.32 Å². The van der Waals surface area contributed by atoms with Gasteiger partial charge in [-0.2, -0.15) is 4.31 Å². The van der Waals surface area contributed by atoms with Gasteiger partial charge in [-0.3, -0.25) is 0 Å². The highest BCUT2D eigenvalue weighted by Gasteiger charge is 2.29. The predicted octanol–water partition coefficient (Wildman–Crippen LogP) is 2.38. The Labute approximate surface area is 132 Å². The summed E-state index contributed by atoms with van der Waals surface area (Å²) < 4.78 is 26.6. The van der Waals surface area contributed by atoms with Gasteiger partial charge in [0.25, 0.3) is 0 Å². The van der Waals surface area contributed by atoms with Crippen LogP contribution < -0.4 is 5.32 Å². The van der Waals surface area contributed by atoms with Crippen LogP contribution in [0.1, 0.15) is 12.8 Å². The van der Waals surface area contributed by atoms with E-state index in [9.17, 15) is 8.42 Å². The minimum Gasteiger partial charge on any atom is -0.319 e. The first-order valence-electron chi connectivity index (χ1n) is 6.44. The molecule has 1 saturated heterocycles. The second-order valence-electron chi connectivity index (χ2n) is 4.89. The van der Waals surface area contributed by atoms with Gasteiger partial charge in [-0.25, -0.2) is 8.42 Å². The summed E-state index contributed by atoms with van der Waals surface area (Å²) in [4.78, 5) is 0.283. The third-order valence-corrected chi connectivity index (χ3v) is 5.50. The van der Waals surface area contributed by atoms with Crippen LogP contribution in [0.15, 0.2) is 29.2 Å². The summed E-state index contributed by atoms with van der Waals surface area (Å²) in [5.74, 6) is 0.382. The van der Waals surface area contributed by atoms with E-state index < -0.39 is 10.0 Å². The standard InChI is InChI=1S/C13H19ClN2O2S.ClH/c1-15-9-11-4-3-7-16(10-11)19(17,18)13-6-2-5-12(14)8-13;/h2,5-6,8,11,15H,3-4,7,9-10H2,1H3;1H. The summed E-state index contributed by atoms with van der Waals surface area (Å²) in [6.07, 6.45) is 1.98. The van der Waals surface area contributed by atoms with Crippen molar-refractivity contribution in [1.82, 2.24) is 9.62 Å². The van der Waals surface area contributed by atoms with Crippen molar-refractivity contribution in [2.24, 2.45) is 5.92 Å². The summed E-state index contributed by atoms with van der Waals surface area (Å²) in [6.45, 7) is 2.02. The fraction of sp³-hybridized carbons (Fsp3) is 0.538. The third-order valence-electron chi connectivity index (χ3n) is 3.41. The zero-order valence-corrected chi connectivity index (χ0v) is 13.8. The predicted molar refractivity (Wildman–Crippen MR) is 84.1 cm³/mol. The molecule has 1 aliphatic heterocycles. The summed E-state index contributed by atoms with van der Waals surface area (Å²) in [5.41, 5.74) is 0. The molecule has 7 heteroatoms. The van der Waals surface area contributed by atoms with Crippen LogP contribution >= 0.6 is 24.0 Å². The molecule has 0 amide bonds. The van der Waals surface area contributed by atoms with Crippen molar-refractivity contribution in [2.45, 2.75) is 17.7 Å². The maximum atomic E-state index is 12.5. The highest BCUT2D eigenvalue weighted by molar-refractivity contribution is 7.89. The highest BCUT2D eigenvalue weighted by Crippen LogP contribution is 2.24. The molecule has 1 atom stereocenters. The molecule has 1 aromatic carbocycles. The van der Waals surface area contributed by atoms with Gasteiger partial charge in [0.15, 0.2) is 0 Å². The summed E-state index contributed by atoms with van der Waals surface area (Å²) in [5, 5.41) is 3.56. The molecule has 2 rings (SSSR count). The lowest BCUT2D eigenvalue weighted by atomic mass is 10.00. The van der Waals surface area contributed by atoms with Crippen LogP contribution in [0.5, 0.6) is 0 Å². The Kier molecular flexibility index (Phi) is 6.75. The Bertz CT molecular complexity index is 535. The van der Waals surface area contributed by atoms with Crippen molar-refractivity contribution >= 4 is 34.0 Å². The van der Waals surface area contributed by atoms with Crippen LogP contribution in [0.25, 0.3) is 0 Å². The molecule has 20 heavy (non-hydrogen) atoms. The molecule has 1 unspecified atom stereocenters. The summed E-state index contributed by atoms with van der Waals surface area (Å²) in [7, 11) is -1.52. The number of nitrogens with one attached hydrogen (secondary N) is 1. The number of nitrogens with zero attached hydrogens (tertiary/aromatic N) is 1. The van der Waals surface area contributed by atoms with E-state index >= 15 is 0 Å². The molecular weight excluding hydrogens is 319 g/mol. The Morgan fingerprint density at radius 3 is 2.85 bits per heavy atom. The van der Waals surface area contributed by atoms with Crippen LogP contribution in [0.3, 0.4) is 0 Å². The van der Waals surface area contributed by atoms with E-state index in [-0.39, 0.29) is 17.3 Å². The van der Waals surface area contributed by atoms with Crippen molar-refractivity contribution in [1.29, 1.82) is 0 Å². The first-order valence-corrected chi connectivity index (χ1v) is 8.26. The van der Waals surface area contributed by atoms with Crippen LogP contribution in [-0.2, 0) is 10.0 Å². The van der Waals surface area contributed by atoms with Gasteiger partial charge in [-0.05, 0) is 50.6 Å². The average Bonchev–Trinajstić information content (AvgIpc) is 2.39. The number of halogens is 2. The maximum Gasteiger partial charge on any atom is 0.243 e. The molecule has 1 aromatic rings. The van der Waals surface area contributed by atoms with Gasteiger partial charge in [-0.1, -0.05) is 17.7 Å². The van der Waals surface area contributed by atoms with Gasteiger partial charge in [0.1, 0.15) is 0 Å². The lowest BCUT2D eigenvalue weighted by molar-refractivity contribution is 0.263. The lowest BCUT2D eigenvalue weighted by Crippen LogP contribution is -2.42. The van der Waals surface area contributed by atoms with E-state index in [4.69, 9.17) is 11.6 Å². The first kappa shape index (κ1) is 17.7. The maximum absolute atomic E-state index is 12.5. The SMILES string of the molecule is CNCC1CCCN(S(=O)(=O)c2cccc(Cl)c2)C1.Cl. The Morgan fingerprint density at radius 2 is 2.20 bits per heavy atom. The van der Waals surface area contributed by atoms with E-state index in [2.05, 4.69) is 5.32 Å². The quantitative estimate of drug-likeness (QED) is 0.916. The molecule has 0 bridgehead atoms. The third kappa shape index (κ3) is 4.09. The van der Waals surface area contributed by atoms with Gasteiger partial charge in [0.05, 0.1) is 4.90 Å². The fourth-order valence-electron chi connectivity index (χ4n) is 2.48. The highest BCUT2D eigenvalue weighted by atomic mass is 35.5. The van der Waals surface area contributed by atoms with Gasteiger partial charge in [0, 0.05) is 18.1 Å². The number of piperidine rings is 1. The number of benzene rings is 1. The fourth-order valence-corrected chi connectivity index (χ4v) is 4.33. The smallest absolute Gasteiger partial charge is 0.243 e. The molecule has 0 aromatic heterocycles. The van der Waals surface area contributed by atoms with Crippen LogP contribution in [0, 0.1) is 5.92 Å². The van der Waals surface area contributed by atoms with Crippen LogP contribution in [0.2, 0.25) is 5.02 Å². The Balaban J connectivity index is 0.00000200. The van der Waals surface area contributed by atoms with E-state index in [1.54, 1.807) is 22.5 Å². The number of hydrogen-bond acceptors (Lipinski definition) is 3. The minimum atomic E-state index is -3.41. The van der Waals surface area contributed by atoms with Crippen molar-refractivity contribution in [3.05, 3.63) is 29.3 Å². The van der Waals surface area contributed by atoms with Crippen LogP contribution in [0.4, 0.5) is 0 Å². The molecule has 1 fully saturated rings. The molecule has 0 radical (unpaired) electrons. The molecule has 0 aliphatic carbocycles. The second-order valence-corrected chi connectivity index (χ2v) is 7.26.